The van der Waals surface area contributed by atoms with Gasteiger partial charge >= 0.3 is 0 Å². The number of piperazine rings is 1. The SMILES string of the molecule is CCCC1CNC(C)CN1Cc1nc(C)c(C)s1. The van der Waals surface area contributed by atoms with Crippen LogP contribution in [0.25, 0.3) is 0 Å². The van der Waals surface area contributed by atoms with Gasteiger partial charge < -0.3 is 5.32 Å². The maximum atomic E-state index is 4.68. The van der Waals surface area contributed by atoms with Crippen molar-refractivity contribution in [2.24, 2.45) is 0 Å². The van der Waals surface area contributed by atoms with Crippen LogP contribution in [0.4, 0.5) is 0 Å². The molecule has 0 saturated carbocycles. The highest BCUT2D eigenvalue weighted by Crippen LogP contribution is 2.21. The Morgan fingerprint density at radius 1 is 1.44 bits per heavy atom. The molecule has 102 valence electrons. The summed E-state index contributed by atoms with van der Waals surface area (Å²) < 4.78 is 0. The summed E-state index contributed by atoms with van der Waals surface area (Å²) in [7, 11) is 0. The van der Waals surface area contributed by atoms with Gasteiger partial charge in [-0.2, -0.15) is 0 Å². The molecule has 0 radical (unpaired) electrons. The normalized spacial score (nSPS) is 25.6. The van der Waals surface area contributed by atoms with E-state index in [-0.39, 0.29) is 0 Å². The Kier molecular flexibility index (Phi) is 4.76. The Bertz CT molecular complexity index is 369. The maximum Gasteiger partial charge on any atom is 0.107 e. The van der Waals surface area contributed by atoms with E-state index in [9.17, 15) is 0 Å². The zero-order valence-electron chi connectivity index (χ0n) is 12.0. The van der Waals surface area contributed by atoms with Gasteiger partial charge in [0.15, 0.2) is 0 Å². The largest absolute Gasteiger partial charge is 0.311 e. The zero-order chi connectivity index (χ0) is 13.1. The third kappa shape index (κ3) is 3.31. The minimum Gasteiger partial charge on any atom is -0.311 e. The van der Waals surface area contributed by atoms with Gasteiger partial charge in [-0.1, -0.05) is 13.3 Å². The molecule has 2 atom stereocenters. The number of aryl methyl sites for hydroxylation is 2. The fraction of sp³-hybridized carbons (Fsp3) is 0.786. The van der Waals surface area contributed by atoms with Gasteiger partial charge in [-0.05, 0) is 27.2 Å². The van der Waals surface area contributed by atoms with Gasteiger partial charge in [0, 0.05) is 30.1 Å². The van der Waals surface area contributed by atoms with Gasteiger partial charge in [0.25, 0.3) is 0 Å². The molecule has 18 heavy (non-hydrogen) atoms. The summed E-state index contributed by atoms with van der Waals surface area (Å²) in [6, 6.07) is 1.27. The van der Waals surface area contributed by atoms with E-state index in [0.29, 0.717) is 12.1 Å². The quantitative estimate of drug-likeness (QED) is 0.909. The predicted octanol–water partition coefficient (Wildman–Crippen LogP) is 2.72. The van der Waals surface area contributed by atoms with Gasteiger partial charge in [0.05, 0.1) is 12.2 Å². The van der Waals surface area contributed by atoms with E-state index in [0.717, 1.165) is 19.6 Å². The van der Waals surface area contributed by atoms with E-state index in [1.807, 2.05) is 11.3 Å². The standard InChI is InChI=1S/C14H25N3S/c1-5-6-13-7-15-10(2)8-17(13)9-14-16-11(3)12(4)18-14/h10,13,15H,5-9H2,1-4H3. The summed E-state index contributed by atoms with van der Waals surface area (Å²) in [6.45, 7) is 12.1. The smallest absolute Gasteiger partial charge is 0.107 e. The van der Waals surface area contributed by atoms with Gasteiger partial charge in [0.1, 0.15) is 5.01 Å². The molecule has 4 heteroatoms. The van der Waals surface area contributed by atoms with Crippen LogP contribution < -0.4 is 5.32 Å². The monoisotopic (exact) mass is 267 g/mol. The van der Waals surface area contributed by atoms with Crippen molar-refractivity contribution >= 4 is 11.3 Å². The van der Waals surface area contributed by atoms with E-state index in [1.54, 1.807) is 0 Å². The van der Waals surface area contributed by atoms with Crippen LogP contribution in [0.2, 0.25) is 0 Å². The molecule has 0 amide bonds. The van der Waals surface area contributed by atoms with Gasteiger partial charge in [-0.3, -0.25) is 4.90 Å². The molecule has 0 spiro atoms. The number of hydrogen-bond donors (Lipinski definition) is 1. The highest BCUT2D eigenvalue weighted by Gasteiger charge is 2.25. The first-order chi connectivity index (χ1) is 8.60. The van der Waals surface area contributed by atoms with Crippen molar-refractivity contribution in [2.45, 2.75) is 59.2 Å². The summed E-state index contributed by atoms with van der Waals surface area (Å²) in [5.41, 5.74) is 1.20. The van der Waals surface area contributed by atoms with Crippen LogP contribution in [0.15, 0.2) is 0 Å². The molecule has 0 bridgehead atoms. The molecule has 1 aromatic rings. The third-order valence-electron chi connectivity index (χ3n) is 3.76. The molecule has 0 aromatic carbocycles. The van der Waals surface area contributed by atoms with E-state index < -0.39 is 0 Å². The van der Waals surface area contributed by atoms with Crippen molar-refractivity contribution in [1.29, 1.82) is 0 Å². The second kappa shape index (κ2) is 6.13. The van der Waals surface area contributed by atoms with E-state index in [4.69, 9.17) is 0 Å². The highest BCUT2D eigenvalue weighted by atomic mass is 32.1. The third-order valence-corrected chi connectivity index (χ3v) is 4.82. The first-order valence-electron chi connectivity index (χ1n) is 7.00. The van der Waals surface area contributed by atoms with Crippen LogP contribution in [0.1, 0.15) is 42.3 Å². The highest BCUT2D eigenvalue weighted by molar-refractivity contribution is 7.11. The Morgan fingerprint density at radius 3 is 2.83 bits per heavy atom. The van der Waals surface area contributed by atoms with Crippen molar-refractivity contribution in [3.05, 3.63) is 15.6 Å². The molecule has 2 rings (SSSR count). The summed E-state index contributed by atoms with van der Waals surface area (Å²) in [4.78, 5) is 8.66. The number of nitrogens with one attached hydrogen (secondary N) is 1. The number of aromatic nitrogens is 1. The van der Waals surface area contributed by atoms with Crippen molar-refractivity contribution in [1.82, 2.24) is 15.2 Å². The molecule has 1 N–H and O–H groups in total. The fourth-order valence-electron chi connectivity index (χ4n) is 2.62. The fourth-order valence-corrected chi connectivity index (χ4v) is 3.58. The molecule has 1 saturated heterocycles. The van der Waals surface area contributed by atoms with E-state index >= 15 is 0 Å². The minimum absolute atomic E-state index is 0.597. The molecule has 2 heterocycles. The van der Waals surface area contributed by atoms with Crippen LogP contribution in [-0.2, 0) is 6.54 Å². The lowest BCUT2D eigenvalue weighted by Crippen LogP contribution is -2.54. The molecule has 1 aromatic heterocycles. The average molecular weight is 267 g/mol. The number of hydrogen-bond acceptors (Lipinski definition) is 4. The Morgan fingerprint density at radius 2 is 2.22 bits per heavy atom. The molecular formula is C14H25N3S. The van der Waals surface area contributed by atoms with Crippen molar-refractivity contribution in [3.63, 3.8) is 0 Å². The van der Waals surface area contributed by atoms with Crippen LogP contribution in [-0.4, -0.2) is 35.1 Å². The summed E-state index contributed by atoms with van der Waals surface area (Å²) in [6.07, 6.45) is 2.54. The van der Waals surface area contributed by atoms with Gasteiger partial charge in [0.2, 0.25) is 0 Å². The van der Waals surface area contributed by atoms with E-state index in [1.165, 1.54) is 28.4 Å². The maximum absolute atomic E-state index is 4.68. The lowest BCUT2D eigenvalue weighted by molar-refractivity contribution is 0.120. The molecule has 2 unspecified atom stereocenters. The van der Waals surface area contributed by atoms with E-state index in [2.05, 4.69) is 42.9 Å². The van der Waals surface area contributed by atoms with Crippen molar-refractivity contribution in [3.8, 4) is 0 Å². The summed E-state index contributed by atoms with van der Waals surface area (Å²) >= 11 is 1.86. The summed E-state index contributed by atoms with van der Waals surface area (Å²) in [5, 5.41) is 4.87. The minimum atomic E-state index is 0.597. The Labute approximate surface area is 115 Å². The van der Waals surface area contributed by atoms with Crippen molar-refractivity contribution in [2.75, 3.05) is 13.1 Å². The number of rotatable bonds is 4. The number of thiazole rings is 1. The Hall–Kier alpha value is -0.450. The predicted molar refractivity (Wildman–Crippen MR) is 78.2 cm³/mol. The topological polar surface area (TPSA) is 28.2 Å². The van der Waals surface area contributed by atoms with Crippen molar-refractivity contribution < 1.29 is 0 Å². The molecular weight excluding hydrogens is 242 g/mol. The first kappa shape index (κ1) is 14.0. The van der Waals surface area contributed by atoms with Crippen LogP contribution in [0, 0.1) is 13.8 Å². The number of nitrogens with zero attached hydrogens (tertiary/aromatic N) is 2. The van der Waals surface area contributed by atoms with Gasteiger partial charge in [-0.25, -0.2) is 4.98 Å². The molecule has 1 aliphatic rings. The second-order valence-electron chi connectivity index (χ2n) is 5.43. The summed E-state index contributed by atoms with van der Waals surface area (Å²) in [5.74, 6) is 0. The first-order valence-corrected chi connectivity index (χ1v) is 7.82. The van der Waals surface area contributed by atoms with Gasteiger partial charge in [-0.15, -0.1) is 11.3 Å². The van der Waals surface area contributed by atoms with Crippen LogP contribution in [0.3, 0.4) is 0 Å². The molecule has 1 aliphatic heterocycles. The second-order valence-corrected chi connectivity index (χ2v) is 6.72. The van der Waals surface area contributed by atoms with Crippen LogP contribution >= 0.6 is 11.3 Å². The zero-order valence-corrected chi connectivity index (χ0v) is 12.8. The molecule has 0 aliphatic carbocycles. The average Bonchev–Trinajstić information content (AvgIpc) is 2.62. The molecule has 3 nitrogen and oxygen atoms in total. The molecule has 1 fully saturated rings. The Balaban J connectivity index is 2.03. The lowest BCUT2D eigenvalue weighted by atomic mass is 10.1. The van der Waals surface area contributed by atoms with Crippen LogP contribution in [0.5, 0.6) is 0 Å². The lowest BCUT2D eigenvalue weighted by Gasteiger charge is -2.39.